The number of amides is 2. The van der Waals surface area contributed by atoms with Crippen LogP contribution in [0, 0.1) is 10.1 Å². The summed E-state index contributed by atoms with van der Waals surface area (Å²) in [6, 6.07) is 4.98. The third-order valence-corrected chi connectivity index (χ3v) is 4.83. The lowest BCUT2D eigenvalue weighted by Crippen LogP contribution is -2.43. The van der Waals surface area contributed by atoms with Crippen molar-refractivity contribution in [1.29, 1.82) is 0 Å². The number of aryl methyl sites for hydroxylation is 1. The SMILES string of the molecule is Cn1c(=O)c2nc(Br)n(CC(=O)NNC(=O)c3cccc([N+](=O)[O-])c3)c2n(C)c1=O. The molecular formula is C16H14BrN7O6. The molecule has 0 saturated carbocycles. The van der Waals surface area contributed by atoms with Gasteiger partial charge in [-0.2, -0.15) is 0 Å². The predicted octanol–water partition coefficient (Wildman–Crippen LogP) is -0.434. The minimum absolute atomic E-state index is 0.0140. The smallest absolute Gasteiger partial charge is 0.295 e. The van der Waals surface area contributed by atoms with Crippen LogP contribution in [-0.4, -0.2) is 35.4 Å². The first-order valence-electron chi connectivity index (χ1n) is 8.27. The maximum absolute atomic E-state index is 12.3. The van der Waals surface area contributed by atoms with Gasteiger partial charge in [0.2, 0.25) is 0 Å². The Morgan fingerprint density at radius 3 is 2.57 bits per heavy atom. The minimum atomic E-state index is -0.761. The molecule has 0 aliphatic rings. The first-order valence-corrected chi connectivity index (χ1v) is 9.06. The molecule has 0 unspecified atom stereocenters. The lowest BCUT2D eigenvalue weighted by Gasteiger charge is -2.11. The van der Waals surface area contributed by atoms with Crippen molar-refractivity contribution in [3.63, 3.8) is 0 Å². The molecule has 13 nitrogen and oxygen atoms in total. The van der Waals surface area contributed by atoms with E-state index in [4.69, 9.17) is 0 Å². The van der Waals surface area contributed by atoms with Gasteiger partial charge in [0.15, 0.2) is 15.9 Å². The van der Waals surface area contributed by atoms with Gasteiger partial charge >= 0.3 is 5.69 Å². The molecule has 2 N–H and O–H groups in total. The summed E-state index contributed by atoms with van der Waals surface area (Å²) in [5.74, 6) is -1.45. The molecule has 1 aromatic carbocycles. The Labute approximate surface area is 175 Å². The molecule has 0 fully saturated rings. The maximum Gasteiger partial charge on any atom is 0.332 e. The maximum atomic E-state index is 12.3. The third-order valence-electron chi connectivity index (χ3n) is 4.23. The molecule has 3 rings (SSSR count). The number of hydrogen-bond donors (Lipinski definition) is 2. The number of nitrogens with zero attached hydrogens (tertiary/aromatic N) is 5. The summed E-state index contributed by atoms with van der Waals surface area (Å²) in [6.45, 7) is -0.382. The second-order valence-electron chi connectivity index (χ2n) is 6.15. The normalized spacial score (nSPS) is 10.8. The van der Waals surface area contributed by atoms with E-state index in [-0.39, 0.29) is 33.7 Å². The van der Waals surface area contributed by atoms with Crippen molar-refractivity contribution in [2.45, 2.75) is 6.54 Å². The predicted molar refractivity (Wildman–Crippen MR) is 107 cm³/mol. The van der Waals surface area contributed by atoms with Crippen LogP contribution in [0.15, 0.2) is 38.6 Å². The van der Waals surface area contributed by atoms with Crippen molar-refractivity contribution in [1.82, 2.24) is 29.5 Å². The molecular weight excluding hydrogens is 466 g/mol. The van der Waals surface area contributed by atoms with Crippen LogP contribution in [0.3, 0.4) is 0 Å². The van der Waals surface area contributed by atoms with E-state index in [1.807, 2.05) is 0 Å². The van der Waals surface area contributed by atoms with Crippen LogP contribution in [0.4, 0.5) is 5.69 Å². The molecule has 2 heterocycles. The highest BCUT2D eigenvalue weighted by Gasteiger charge is 2.20. The van der Waals surface area contributed by atoms with Gasteiger partial charge in [-0.05, 0) is 22.0 Å². The van der Waals surface area contributed by atoms with Gasteiger partial charge in [-0.3, -0.25) is 49.1 Å². The fraction of sp³-hybridized carbons (Fsp3) is 0.188. The van der Waals surface area contributed by atoms with Crippen molar-refractivity contribution >= 4 is 44.6 Å². The van der Waals surface area contributed by atoms with E-state index in [1.165, 1.54) is 41.4 Å². The quantitative estimate of drug-likeness (QED) is 0.291. The molecule has 2 aromatic heterocycles. The summed E-state index contributed by atoms with van der Waals surface area (Å²) in [5.41, 5.74) is 2.91. The Bertz CT molecular complexity index is 1320. The van der Waals surface area contributed by atoms with Gasteiger partial charge in [0.05, 0.1) is 4.92 Å². The molecule has 0 atom stereocenters. The average molecular weight is 480 g/mol. The van der Waals surface area contributed by atoms with E-state index < -0.39 is 28.0 Å². The number of rotatable bonds is 4. The van der Waals surface area contributed by atoms with E-state index in [9.17, 15) is 29.3 Å². The number of non-ortho nitro benzene ring substituents is 1. The van der Waals surface area contributed by atoms with Crippen LogP contribution in [0.2, 0.25) is 0 Å². The van der Waals surface area contributed by atoms with Gasteiger partial charge in [0.25, 0.3) is 23.1 Å². The molecule has 30 heavy (non-hydrogen) atoms. The van der Waals surface area contributed by atoms with Crippen LogP contribution in [0.1, 0.15) is 10.4 Å². The van der Waals surface area contributed by atoms with Gasteiger partial charge in [-0.1, -0.05) is 6.07 Å². The van der Waals surface area contributed by atoms with E-state index in [0.717, 1.165) is 10.6 Å². The number of aromatic nitrogens is 4. The van der Waals surface area contributed by atoms with Crippen LogP contribution in [0.5, 0.6) is 0 Å². The Morgan fingerprint density at radius 1 is 1.20 bits per heavy atom. The Morgan fingerprint density at radius 2 is 1.90 bits per heavy atom. The van der Waals surface area contributed by atoms with Crippen molar-refractivity contribution in [3.05, 3.63) is 65.5 Å². The molecule has 0 aliphatic carbocycles. The number of benzene rings is 1. The monoisotopic (exact) mass is 479 g/mol. The molecule has 2 amide bonds. The first-order chi connectivity index (χ1) is 14.1. The molecule has 0 aliphatic heterocycles. The number of halogens is 1. The van der Waals surface area contributed by atoms with Gasteiger partial charge in [0.1, 0.15) is 6.54 Å². The number of imidazole rings is 1. The molecule has 3 aromatic rings. The third kappa shape index (κ3) is 3.71. The average Bonchev–Trinajstić information content (AvgIpc) is 3.05. The van der Waals surface area contributed by atoms with Gasteiger partial charge in [0, 0.05) is 31.8 Å². The number of carbonyl (C=O) groups excluding carboxylic acids is 2. The Balaban J connectivity index is 1.80. The van der Waals surface area contributed by atoms with Crippen molar-refractivity contribution in [2.24, 2.45) is 14.1 Å². The van der Waals surface area contributed by atoms with Crippen LogP contribution < -0.4 is 22.1 Å². The van der Waals surface area contributed by atoms with Crippen LogP contribution >= 0.6 is 15.9 Å². The molecule has 0 saturated heterocycles. The second-order valence-corrected chi connectivity index (χ2v) is 6.86. The largest absolute Gasteiger partial charge is 0.332 e. The minimum Gasteiger partial charge on any atom is -0.295 e. The Kier molecular flexibility index (Phi) is 5.51. The lowest BCUT2D eigenvalue weighted by atomic mass is 10.2. The van der Waals surface area contributed by atoms with E-state index in [0.29, 0.717) is 0 Å². The zero-order valence-corrected chi connectivity index (χ0v) is 17.2. The van der Waals surface area contributed by atoms with E-state index >= 15 is 0 Å². The number of carbonyl (C=O) groups is 2. The molecule has 0 spiro atoms. The zero-order valence-electron chi connectivity index (χ0n) is 15.6. The van der Waals surface area contributed by atoms with Crippen LogP contribution in [-0.2, 0) is 25.4 Å². The Hall–Kier alpha value is -3.81. The molecule has 156 valence electrons. The highest BCUT2D eigenvalue weighted by molar-refractivity contribution is 9.10. The van der Waals surface area contributed by atoms with E-state index in [2.05, 4.69) is 31.8 Å². The molecule has 14 heteroatoms. The summed E-state index contributed by atoms with van der Waals surface area (Å²) in [6.07, 6.45) is 0. The standard InChI is InChI=1S/C16H14BrN7O6/c1-21-13-11(14(27)22(2)16(21)28)18-15(17)23(13)7-10(25)19-20-12(26)8-4-3-5-9(6-8)24(29)30/h3-6H,7H2,1-2H3,(H,19,25)(H,20,26). The number of nitro groups is 1. The van der Waals surface area contributed by atoms with Gasteiger partial charge in [-0.25, -0.2) is 9.78 Å². The van der Waals surface area contributed by atoms with Crippen molar-refractivity contribution < 1.29 is 14.5 Å². The zero-order chi connectivity index (χ0) is 22.2. The fourth-order valence-electron chi connectivity index (χ4n) is 2.75. The van der Waals surface area contributed by atoms with Gasteiger partial charge < -0.3 is 0 Å². The number of hydrazine groups is 1. The van der Waals surface area contributed by atoms with Gasteiger partial charge in [-0.15, -0.1) is 0 Å². The summed E-state index contributed by atoms with van der Waals surface area (Å²) in [4.78, 5) is 63.0. The summed E-state index contributed by atoms with van der Waals surface area (Å²) >= 11 is 3.15. The summed E-state index contributed by atoms with van der Waals surface area (Å²) in [5, 5.41) is 10.8. The first kappa shape index (κ1) is 20.9. The van der Waals surface area contributed by atoms with Crippen molar-refractivity contribution in [2.75, 3.05) is 0 Å². The highest BCUT2D eigenvalue weighted by atomic mass is 79.9. The lowest BCUT2D eigenvalue weighted by molar-refractivity contribution is -0.384. The van der Waals surface area contributed by atoms with Crippen LogP contribution in [0.25, 0.3) is 11.2 Å². The second kappa shape index (κ2) is 7.90. The highest BCUT2D eigenvalue weighted by Crippen LogP contribution is 2.16. The molecule has 0 bridgehead atoms. The number of nitrogens with one attached hydrogen (secondary N) is 2. The van der Waals surface area contributed by atoms with E-state index in [1.54, 1.807) is 0 Å². The topological polar surface area (TPSA) is 163 Å². The number of hydrogen-bond acceptors (Lipinski definition) is 7. The number of fused-ring (bicyclic) bond motifs is 1. The summed E-state index contributed by atoms with van der Waals surface area (Å²) in [7, 11) is 2.74. The number of nitro benzene ring substituents is 1. The molecule has 0 radical (unpaired) electrons. The van der Waals surface area contributed by atoms with Crippen molar-refractivity contribution in [3.8, 4) is 0 Å². The summed E-state index contributed by atoms with van der Waals surface area (Å²) < 4.78 is 3.48. The fourth-order valence-corrected chi connectivity index (χ4v) is 3.22.